The Kier molecular flexibility index (Phi) is 8.18. The van der Waals surface area contributed by atoms with Crippen molar-refractivity contribution >= 4 is 30.2 Å². The van der Waals surface area contributed by atoms with E-state index in [0.717, 1.165) is 0 Å². The molecule has 0 N–H and O–H groups in total. The van der Waals surface area contributed by atoms with Gasteiger partial charge < -0.3 is 0 Å². The molecule has 2 aliphatic rings. The Bertz CT molecular complexity index is 367. The van der Waals surface area contributed by atoms with E-state index < -0.39 is 20.4 Å². The van der Waals surface area contributed by atoms with Crippen LogP contribution in [0.1, 0.15) is 12.8 Å². The second-order valence-electron chi connectivity index (χ2n) is 4.02. The Morgan fingerprint density at radius 1 is 0.938 bits per heavy atom. The van der Waals surface area contributed by atoms with Gasteiger partial charge in [-0.2, -0.15) is 0 Å². The molecule has 0 aliphatic heterocycles. The SMILES string of the molecule is C[Si](C)=[Zr]([C]1=CC=CC1)[C]1=CC=CC1.Cl.Cl. The van der Waals surface area contributed by atoms with E-state index in [1.54, 1.807) is 0 Å². The Morgan fingerprint density at radius 2 is 1.38 bits per heavy atom. The van der Waals surface area contributed by atoms with Crippen molar-refractivity contribution in [1.82, 2.24) is 0 Å². The van der Waals surface area contributed by atoms with Crippen molar-refractivity contribution in [3.8, 4) is 0 Å². The van der Waals surface area contributed by atoms with Gasteiger partial charge in [0.1, 0.15) is 0 Å². The fraction of sp³-hybridized carbons (Fsp3) is 0.333. The minimum absolute atomic E-state index is 0. The van der Waals surface area contributed by atoms with Gasteiger partial charge in [0, 0.05) is 0 Å². The summed E-state index contributed by atoms with van der Waals surface area (Å²) in [5.74, 6) is 0. The first kappa shape index (κ1) is 16.6. The fourth-order valence-electron chi connectivity index (χ4n) is 2.11. The maximum atomic E-state index is 2.51. The van der Waals surface area contributed by atoms with Crippen molar-refractivity contribution in [1.29, 1.82) is 0 Å². The van der Waals surface area contributed by atoms with Gasteiger partial charge in [0.05, 0.1) is 0 Å². The van der Waals surface area contributed by atoms with Crippen LogP contribution in [0.4, 0.5) is 0 Å². The standard InChI is InChI=1S/2C5H5.C2H6Si.2ClH.Zr/c2*1-2-4-5-3-1;1-3-2;;;/h2*1-3H,4H2;1-2H3;2*1H;. The third-order valence-electron chi connectivity index (χ3n) is 2.68. The summed E-state index contributed by atoms with van der Waals surface area (Å²) in [5.41, 5.74) is -0.0588. The quantitative estimate of drug-likeness (QED) is 0.647. The van der Waals surface area contributed by atoms with E-state index in [4.69, 9.17) is 0 Å². The van der Waals surface area contributed by atoms with Crippen LogP contribution in [0.15, 0.2) is 43.0 Å². The molecule has 0 spiro atoms. The molecule has 0 aromatic heterocycles. The van der Waals surface area contributed by atoms with Crippen molar-refractivity contribution < 1.29 is 20.4 Å². The minimum atomic E-state index is -1.33. The second-order valence-corrected chi connectivity index (χ2v) is 21.4. The van der Waals surface area contributed by atoms with E-state index in [1.165, 1.54) is 12.8 Å². The predicted octanol–water partition coefficient (Wildman–Crippen LogP) is 4.39. The molecule has 0 saturated carbocycles. The summed E-state index contributed by atoms with van der Waals surface area (Å²) in [6, 6.07) is 0. The first-order valence-electron chi connectivity index (χ1n) is 5.18. The minimum Gasteiger partial charge on any atom is -0.147 e. The van der Waals surface area contributed by atoms with Crippen LogP contribution in [0.5, 0.6) is 0 Å². The molecule has 0 atom stereocenters. The average Bonchev–Trinajstić information content (AvgIpc) is 2.75. The van der Waals surface area contributed by atoms with Gasteiger partial charge in [-0.3, -0.25) is 0 Å². The van der Waals surface area contributed by atoms with Gasteiger partial charge in [0.2, 0.25) is 0 Å². The summed E-state index contributed by atoms with van der Waals surface area (Å²) in [4.78, 5) is 0. The number of halogens is 2. The van der Waals surface area contributed by atoms with Crippen LogP contribution in [-0.2, 0) is 20.4 Å². The van der Waals surface area contributed by atoms with Crippen LogP contribution in [0, 0.1) is 0 Å². The van der Waals surface area contributed by atoms with E-state index in [2.05, 4.69) is 49.6 Å². The molecule has 0 fully saturated rings. The van der Waals surface area contributed by atoms with E-state index in [0.29, 0.717) is 0 Å². The molecule has 88 valence electrons. The van der Waals surface area contributed by atoms with Gasteiger partial charge in [-0.25, -0.2) is 0 Å². The van der Waals surface area contributed by atoms with Gasteiger partial charge in [-0.15, -0.1) is 24.8 Å². The Hall–Kier alpha value is 0.640. The zero-order chi connectivity index (χ0) is 9.97. The van der Waals surface area contributed by atoms with E-state index in [1.807, 2.05) is 6.56 Å². The largest absolute Gasteiger partial charge is 0.147 e. The van der Waals surface area contributed by atoms with Gasteiger partial charge in [0.15, 0.2) is 0 Å². The molecule has 0 bridgehead atoms. The molecular weight excluding hydrogens is 334 g/mol. The molecule has 0 amide bonds. The first-order chi connectivity index (χ1) is 6.79. The Balaban J connectivity index is 0.00000112. The predicted molar refractivity (Wildman–Crippen MR) is 75.7 cm³/mol. The Morgan fingerprint density at radius 3 is 1.62 bits per heavy atom. The van der Waals surface area contributed by atoms with Crippen molar-refractivity contribution in [3.05, 3.63) is 43.0 Å². The van der Waals surface area contributed by atoms with Gasteiger partial charge in [0.25, 0.3) is 0 Å². The molecule has 0 nitrogen and oxygen atoms in total. The molecule has 16 heavy (non-hydrogen) atoms. The molecule has 0 unspecified atom stereocenters. The monoisotopic (exact) mass is 350 g/mol. The summed E-state index contributed by atoms with van der Waals surface area (Å²) in [6.07, 6.45) is 16.5. The van der Waals surface area contributed by atoms with Crippen LogP contribution in [-0.4, -0.2) is 5.43 Å². The molecular formula is C12H18Cl2SiZr. The fourth-order valence-corrected chi connectivity index (χ4v) is 19.0. The molecule has 0 saturated heterocycles. The maximum absolute atomic E-state index is 2.51. The summed E-state index contributed by atoms with van der Waals surface area (Å²) in [5, 5.41) is 0. The third kappa shape index (κ3) is 3.84. The molecule has 0 aromatic carbocycles. The van der Waals surface area contributed by atoms with Crippen LogP contribution in [0.2, 0.25) is 13.1 Å². The first-order valence-corrected chi connectivity index (χ1v) is 13.8. The van der Waals surface area contributed by atoms with Crippen LogP contribution in [0.25, 0.3) is 0 Å². The average molecular weight is 352 g/mol. The summed E-state index contributed by atoms with van der Waals surface area (Å²) < 4.78 is 3.67. The van der Waals surface area contributed by atoms with Crippen LogP contribution >= 0.6 is 24.8 Å². The van der Waals surface area contributed by atoms with Crippen molar-refractivity contribution in [2.45, 2.75) is 25.9 Å². The molecule has 0 aromatic rings. The molecule has 4 heteroatoms. The van der Waals surface area contributed by atoms with Crippen LogP contribution < -0.4 is 0 Å². The van der Waals surface area contributed by atoms with E-state index >= 15 is 0 Å². The van der Waals surface area contributed by atoms with Gasteiger partial charge in [-0.05, 0) is 0 Å². The van der Waals surface area contributed by atoms with Crippen molar-refractivity contribution in [3.63, 3.8) is 0 Å². The van der Waals surface area contributed by atoms with Gasteiger partial charge in [-0.1, -0.05) is 0 Å². The number of hydrogen-bond acceptors (Lipinski definition) is 0. The summed E-state index contributed by atoms with van der Waals surface area (Å²) in [6.45, 7) is 5.02. The van der Waals surface area contributed by atoms with E-state index in [9.17, 15) is 0 Å². The third-order valence-corrected chi connectivity index (χ3v) is 19.8. The molecule has 0 radical (unpaired) electrons. The smallest absolute Gasteiger partial charge is 0.147 e. The zero-order valence-corrected chi connectivity index (χ0v) is 14.8. The number of rotatable bonds is 2. The normalized spacial score (nSPS) is 16.1. The molecule has 2 rings (SSSR count). The Labute approximate surface area is 119 Å². The second kappa shape index (κ2) is 7.87. The number of hydrogen-bond donors (Lipinski definition) is 0. The van der Waals surface area contributed by atoms with Crippen molar-refractivity contribution in [2.75, 3.05) is 0 Å². The van der Waals surface area contributed by atoms with Crippen molar-refractivity contribution in [2.24, 2.45) is 0 Å². The topological polar surface area (TPSA) is 0 Å². The van der Waals surface area contributed by atoms with Gasteiger partial charge >= 0.3 is 94.8 Å². The van der Waals surface area contributed by atoms with E-state index in [-0.39, 0.29) is 30.2 Å². The zero-order valence-electron chi connectivity index (χ0n) is 9.69. The summed E-state index contributed by atoms with van der Waals surface area (Å²) in [7, 11) is 0. The molecule has 0 heterocycles. The summed E-state index contributed by atoms with van der Waals surface area (Å²) >= 11 is -1.33. The maximum Gasteiger partial charge on any atom is -0.147 e. The number of allylic oxidation sites excluding steroid dienone is 8. The molecule has 2 aliphatic carbocycles. The van der Waals surface area contributed by atoms with Crippen LogP contribution in [0.3, 0.4) is 0 Å².